The molecule has 23 heavy (non-hydrogen) atoms. The largest absolute Gasteiger partial charge is 0.491 e. The molecule has 128 valence electrons. The molecule has 0 aliphatic heterocycles. The van der Waals surface area contributed by atoms with Crippen LogP contribution in [0.15, 0.2) is 23.2 Å². The van der Waals surface area contributed by atoms with Gasteiger partial charge in [-0.05, 0) is 45.2 Å². The van der Waals surface area contributed by atoms with Gasteiger partial charge in [0.25, 0.3) is 0 Å². The molecule has 1 fully saturated rings. The molecular formula is C18H29N3O2. The monoisotopic (exact) mass is 319 g/mol. The molecule has 0 amide bonds. The molecule has 5 nitrogen and oxygen atoms in total. The van der Waals surface area contributed by atoms with E-state index in [1.807, 2.05) is 6.92 Å². The third-order valence-electron chi connectivity index (χ3n) is 3.58. The van der Waals surface area contributed by atoms with Gasteiger partial charge in [0.1, 0.15) is 12.4 Å². The van der Waals surface area contributed by atoms with E-state index in [1.165, 1.54) is 18.4 Å². The Labute approximate surface area is 139 Å². The summed E-state index contributed by atoms with van der Waals surface area (Å²) in [5.41, 5.74) is 2.28. The van der Waals surface area contributed by atoms with Crippen molar-refractivity contribution in [1.82, 2.24) is 10.6 Å². The van der Waals surface area contributed by atoms with Gasteiger partial charge in [0.2, 0.25) is 0 Å². The van der Waals surface area contributed by atoms with E-state index in [0.29, 0.717) is 32.4 Å². The number of guanidine groups is 1. The molecule has 1 aliphatic carbocycles. The van der Waals surface area contributed by atoms with Gasteiger partial charge in [-0.3, -0.25) is 0 Å². The van der Waals surface area contributed by atoms with Crippen LogP contribution in [0.1, 0.15) is 37.8 Å². The Balaban J connectivity index is 1.98. The van der Waals surface area contributed by atoms with Gasteiger partial charge < -0.3 is 20.1 Å². The predicted octanol–water partition coefficient (Wildman–Crippen LogP) is 2.63. The fraction of sp³-hybridized carbons (Fsp3) is 0.611. The van der Waals surface area contributed by atoms with Crippen molar-refractivity contribution in [3.63, 3.8) is 0 Å². The van der Waals surface area contributed by atoms with Crippen molar-refractivity contribution in [3.8, 4) is 5.75 Å². The summed E-state index contributed by atoms with van der Waals surface area (Å²) >= 11 is 0. The van der Waals surface area contributed by atoms with Crippen LogP contribution in [-0.4, -0.2) is 38.4 Å². The number of hydrogen-bond acceptors (Lipinski definition) is 3. The van der Waals surface area contributed by atoms with Crippen molar-refractivity contribution < 1.29 is 9.47 Å². The standard InChI is InChI=1S/C18H29N3O2/c1-4-19-18(21-16-8-9-16)20-13-15-7-6-14(3)12-17(15)23-11-10-22-5-2/h6-7,12,16H,4-5,8-11,13H2,1-3H3,(H2,19,20,21). The van der Waals surface area contributed by atoms with Crippen LogP contribution in [0.5, 0.6) is 5.75 Å². The summed E-state index contributed by atoms with van der Waals surface area (Å²) in [5.74, 6) is 1.78. The number of benzene rings is 1. The zero-order chi connectivity index (χ0) is 16.5. The zero-order valence-corrected chi connectivity index (χ0v) is 14.5. The molecule has 0 atom stereocenters. The van der Waals surface area contributed by atoms with Crippen molar-refractivity contribution in [1.29, 1.82) is 0 Å². The van der Waals surface area contributed by atoms with Gasteiger partial charge >= 0.3 is 0 Å². The lowest BCUT2D eigenvalue weighted by Gasteiger charge is -2.13. The topological polar surface area (TPSA) is 54.9 Å². The fourth-order valence-corrected chi connectivity index (χ4v) is 2.19. The van der Waals surface area contributed by atoms with Crippen LogP contribution in [0.4, 0.5) is 0 Å². The zero-order valence-electron chi connectivity index (χ0n) is 14.5. The normalized spacial score (nSPS) is 14.7. The van der Waals surface area contributed by atoms with Gasteiger partial charge in [0.15, 0.2) is 5.96 Å². The van der Waals surface area contributed by atoms with Crippen LogP contribution in [0.2, 0.25) is 0 Å². The van der Waals surface area contributed by atoms with E-state index in [4.69, 9.17) is 9.47 Å². The summed E-state index contributed by atoms with van der Waals surface area (Å²) in [6.07, 6.45) is 2.47. The molecule has 1 aromatic carbocycles. The van der Waals surface area contributed by atoms with E-state index in [9.17, 15) is 0 Å². The Kier molecular flexibility index (Phi) is 7.20. The van der Waals surface area contributed by atoms with Crippen LogP contribution in [0, 0.1) is 6.92 Å². The number of aryl methyl sites for hydroxylation is 1. The lowest BCUT2D eigenvalue weighted by molar-refractivity contribution is 0.110. The highest BCUT2D eigenvalue weighted by atomic mass is 16.5. The molecule has 1 aromatic rings. The molecule has 1 aliphatic rings. The van der Waals surface area contributed by atoms with Gasteiger partial charge in [-0.2, -0.15) is 0 Å². The maximum Gasteiger partial charge on any atom is 0.191 e. The Morgan fingerprint density at radius 2 is 2.09 bits per heavy atom. The van der Waals surface area contributed by atoms with Crippen LogP contribution >= 0.6 is 0 Å². The molecule has 0 saturated heterocycles. The van der Waals surface area contributed by atoms with E-state index in [0.717, 1.165) is 23.8 Å². The summed E-state index contributed by atoms with van der Waals surface area (Å²) in [4.78, 5) is 4.68. The molecule has 5 heteroatoms. The van der Waals surface area contributed by atoms with Crippen LogP contribution < -0.4 is 15.4 Å². The molecule has 0 unspecified atom stereocenters. The first-order valence-electron chi connectivity index (χ1n) is 8.57. The summed E-state index contributed by atoms with van der Waals surface area (Å²) in [5, 5.41) is 6.72. The first kappa shape index (κ1) is 17.6. The minimum Gasteiger partial charge on any atom is -0.491 e. The summed E-state index contributed by atoms with van der Waals surface area (Å²) < 4.78 is 11.2. The third kappa shape index (κ3) is 6.48. The highest BCUT2D eigenvalue weighted by Crippen LogP contribution is 2.22. The van der Waals surface area contributed by atoms with E-state index in [1.54, 1.807) is 0 Å². The van der Waals surface area contributed by atoms with Crippen molar-refractivity contribution >= 4 is 5.96 Å². The molecule has 0 bridgehead atoms. The van der Waals surface area contributed by atoms with Gasteiger partial charge in [-0.15, -0.1) is 0 Å². The maximum atomic E-state index is 5.87. The lowest BCUT2D eigenvalue weighted by Crippen LogP contribution is -2.38. The van der Waals surface area contributed by atoms with Gasteiger partial charge in [0.05, 0.1) is 13.2 Å². The van der Waals surface area contributed by atoms with Gasteiger partial charge in [-0.1, -0.05) is 12.1 Å². The minimum absolute atomic E-state index is 0.564. The smallest absolute Gasteiger partial charge is 0.191 e. The molecule has 1 saturated carbocycles. The number of rotatable bonds is 9. The first-order valence-corrected chi connectivity index (χ1v) is 8.57. The summed E-state index contributed by atoms with van der Waals surface area (Å²) in [6.45, 7) is 9.50. The second-order valence-corrected chi connectivity index (χ2v) is 5.77. The van der Waals surface area contributed by atoms with E-state index in [-0.39, 0.29) is 0 Å². The number of ether oxygens (including phenoxy) is 2. The second kappa shape index (κ2) is 9.40. The predicted molar refractivity (Wildman–Crippen MR) is 94.1 cm³/mol. The van der Waals surface area contributed by atoms with Crippen LogP contribution in [0.25, 0.3) is 0 Å². The quantitative estimate of drug-likeness (QED) is 0.417. The maximum absolute atomic E-state index is 5.87. The first-order chi connectivity index (χ1) is 11.2. The Hall–Kier alpha value is -1.75. The molecular weight excluding hydrogens is 290 g/mol. The highest BCUT2D eigenvalue weighted by molar-refractivity contribution is 5.80. The Morgan fingerprint density at radius 3 is 2.78 bits per heavy atom. The van der Waals surface area contributed by atoms with E-state index >= 15 is 0 Å². The van der Waals surface area contributed by atoms with Crippen molar-refractivity contribution in [2.75, 3.05) is 26.4 Å². The molecule has 2 N–H and O–H groups in total. The molecule has 0 heterocycles. The number of aliphatic imine (C=N–C) groups is 1. The fourth-order valence-electron chi connectivity index (χ4n) is 2.19. The summed E-state index contributed by atoms with van der Waals surface area (Å²) in [7, 11) is 0. The van der Waals surface area contributed by atoms with Crippen LogP contribution in [-0.2, 0) is 11.3 Å². The molecule has 0 aromatic heterocycles. The van der Waals surface area contributed by atoms with Crippen molar-refractivity contribution in [3.05, 3.63) is 29.3 Å². The second-order valence-electron chi connectivity index (χ2n) is 5.77. The molecule has 0 spiro atoms. The average Bonchev–Trinajstić information content (AvgIpc) is 3.35. The Morgan fingerprint density at radius 1 is 1.26 bits per heavy atom. The van der Waals surface area contributed by atoms with E-state index in [2.05, 4.69) is 47.7 Å². The minimum atomic E-state index is 0.564. The highest BCUT2D eigenvalue weighted by Gasteiger charge is 2.22. The molecule has 2 rings (SSSR count). The molecule has 0 radical (unpaired) electrons. The van der Waals surface area contributed by atoms with Crippen molar-refractivity contribution in [2.24, 2.45) is 4.99 Å². The van der Waals surface area contributed by atoms with Gasteiger partial charge in [0, 0.05) is 24.8 Å². The average molecular weight is 319 g/mol. The number of hydrogen-bond donors (Lipinski definition) is 2. The SMILES string of the molecule is CCNC(=NCc1ccc(C)cc1OCCOCC)NC1CC1. The summed E-state index contributed by atoms with van der Waals surface area (Å²) in [6, 6.07) is 6.85. The van der Waals surface area contributed by atoms with Gasteiger partial charge in [-0.25, -0.2) is 4.99 Å². The van der Waals surface area contributed by atoms with Crippen molar-refractivity contribution in [2.45, 2.75) is 46.2 Å². The number of nitrogens with zero attached hydrogens (tertiary/aromatic N) is 1. The lowest BCUT2D eigenvalue weighted by atomic mass is 10.1. The Bertz CT molecular complexity index is 513. The van der Waals surface area contributed by atoms with E-state index < -0.39 is 0 Å². The van der Waals surface area contributed by atoms with Crippen LogP contribution in [0.3, 0.4) is 0 Å². The third-order valence-corrected chi connectivity index (χ3v) is 3.58. The number of nitrogens with one attached hydrogen (secondary N) is 2.